The predicted molar refractivity (Wildman–Crippen MR) is 50.4 cm³/mol. The molecular weight excluding hydrogens is 182 g/mol. The molecule has 1 radical (unpaired) electrons. The third-order valence-electron chi connectivity index (χ3n) is 1.63. The number of hydrogen-bond donors (Lipinski definition) is 1. The zero-order valence-corrected chi connectivity index (χ0v) is 7.69. The molecule has 0 aromatic heterocycles. The van der Waals surface area contributed by atoms with Crippen molar-refractivity contribution in [2.75, 3.05) is 0 Å². The predicted octanol–water partition coefficient (Wildman–Crippen LogP) is 0.721. The van der Waals surface area contributed by atoms with E-state index < -0.39 is 6.04 Å². The van der Waals surface area contributed by atoms with Gasteiger partial charge < -0.3 is 10.5 Å². The van der Waals surface area contributed by atoms with Crippen molar-refractivity contribution in [1.82, 2.24) is 0 Å². The topological polar surface area (TPSA) is 69.4 Å². The van der Waals surface area contributed by atoms with E-state index in [1.54, 1.807) is 30.6 Å². The molecule has 0 amide bonds. The third-order valence-corrected chi connectivity index (χ3v) is 1.63. The van der Waals surface area contributed by atoms with Crippen LogP contribution in [-0.2, 0) is 9.59 Å². The van der Waals surface area contributed by atoms with Crippen LogP contribution in [0.1, 0.15) is 18.5 Å². The highest BCUT2D eigenvalue weighted by molar-refractivity contribution is 5.69. The molecule has 4 heteroatoms. The fraction of sp³-hybridized carbons (Fsp3) is 0.200. The molecule has 1 unspecified atom stereocenters. The first-order chi connectivity index (χ1) is 6.63. The molecule has 4 nitrogen and oxygen atoms in total. The minimum atomic E-state index is -0.749. The number of carbonyl (C=O) groups is 1. The summed E-state index contributed by atoms with van der Waals surface area (Å²) in [4.78, 5) is 20.8. The maximum absolute atomic E-state index is 10.6. The average molecular weight is 192 g/mol. The number of hydrogen-bond acceptors (Lipinski definition) is 4. The van der Waals surface area contributed by atoms with Gasteiger partial charge in [0.25, 0.3) is 0 Å². The maximum atomic E-state index is 10.6. The van der Waals surface area contributed by atoms with Crippen LogP contribution in [0.4, 0.5) is 0 Å². The molecule has 73 valence electrons. The van der Waals surface area contributed by atoms with Crippen LogP contribution in [0.15, 0.2) is 24.3 Å². The van der Waals surface area contributed by atoms with Gasteiger partial charge in [0.2, 0.25) is 6.29 Å². The van der Waals surface area contributed by atoms with E-state index in [1.165, 1.54) is 6.92 Å². The quantitative estimate of drug-likeness (QED) is 0.566. The molecule has 14 heavy (non-hydrogen) atoms. The van der Waals surface area contributed by atoms with Gasteiger partial charge in [-0.15, -0.1) is 0 Å². The molecule has 1 rings (SSSR count). The third kappa shape index (κ3) is 2.67. The van der Waals surface area contributed by atoms with Gasteiger partial charge in [-0.25, -0.2) is 0 Å². The van der Waals surface area contributed by atoms with Gasteiger partial charge in [-0.2, -0.15) is 0 Å². The van der Waals surface area contributed by atoms with Crippen molar-refractivity contribution in [1.29, 1.82) is 0 Å². The zero-order chi connectivity index (χ0) is 10.6. The van der Waals surface area contributed by atoms with Crippen LogP contribution in [0.2, 0.25) is 0 Å². The second-order valence-corrected chi connectivity index (χ2v) is 2.76. The van der Waals surface area contributed by atoms with E-state index in [9.17, 15) is 9.59 Å². The Kier molecular flexibility index (Phi) is 3.36. The van der Waals surface area contributed by atoms with Crippen molar-refractivity contribution < 1.29 is 14.3 Å². The minimum Gasteiger partial charge on any atom is -0.427 e. The Morgan fingerprint density at radius 2 is 2.00 bits per heavy atom. The number of benzene rings is 1. The van der Waals surface area contributed by atoms with Crippen molar-refractivity contribution in [2.24, 2.45) is 5.73 Å². The lowest BCUT2D eigenvalue weighted by atomic mass is 10.1. The van der Waals surface area contributed by atoms with Gasteiger partial charge in [-0.3, -0.25) is 9.59 Å². The maximum Gasteiger partial charge on any atom is 0.308 e. The van der Waals surface area contributed by atoms with E-state index >= 15 is 0 Å². The monoisotopic (exact) mass is 192 g/mol. The molecule has 0 saturated carbocycles. The van der Waals surface area contributed by atoms with Gasteiger partial charge >= 0.3 is 5.97 Å². The van der Waals surface area contributed by atoms with E-state index in [0.29, 0.717) is 11.3 Å². The highest BCUT2D eigenvalue weighted by atomic mass is 16.5. The number of ether oxygens (including phenoxy) is 1. The summed E-state index contributed by atoms with van der Waals surface area (Å²) in [6, 6.07) is 5.64. The van der Waals surface area contributed by atoms with Crippen LogP contribution in [0.3, 0.4) is 0 Å². The first kappa shape index (κ1) is 10.4. The summed E-state index contributed by atoms with van der Waals surface area (Å²) in [5, 5.41) is 0. The Labute approximate surface area is 81.7 Å². The van der Waals surface area contributed by atoms with Gasteiger partial charge in [-0.05, 0) is 17.7 Å². The standard InChI is InChI=1S/C10H10NO3/c1-7(13)14-9-4-2-8(3-5-9)10(11)6-12/h2-5,10H,11H2,1H3. The second-order valence-electron chi connectivity index (χ2n) is 2.76. The molecule has 1 aromatic rings. The van der Waals surface area contributed by atoms with Gasteiger partial charge in [0.1, 0.15) is 5.75 Å². The van der Waals surface area contributed by atoms with E-state index in [2.05, 4.69) is 0 Å². The summed E-state index contributed by atoms with van der Waals surface area (Å²) in [6.07, 6.45) is 1.66. The minimum absolute atomic E-state index is 0.385. The lowest BCUT2D eigenvalue weighted by molar-refractivity contribution is -0.131. The lowest BCUT2D eigenvalue weighted by Gasteiger charge is -2.04. The van der Waals surface area contributed by atoms with Gasteiger partial charge in [0.05, 0.1) is 6.04 Å². The number of carbonyl (C=O) groups excluding carboxylic acids is 2. The Bertz CT molecular complexity index is 332. The van der Waals surface area contributed by atoms with Crippen molar-refractivity contribution in [2.45, 2.75) is 13.0 Å². The normalized spacial score (nSPS) is 11.9. The molecule has 0 saturated heterocycles. The average Bonchev–Trinajstić information content (AvgIpc) is 2.17. The summed E-state index contributed by atoms with van der Waals surface area (Å²) in [7, 11) is 0. The van der Waals surface area contributed by atoms with Crippen LogP contribution in [0, 0.1) is 0 Å². The van der Waals surface area contributed by atoms with E-state index in [4.69, 9.17) is 10.5 Å². The molecule has 0 fully saturated rings. The first-order valence-corrected chi connectivity index (χ1v) is 4.05. The summed E-state index contributed by atoms with van der Waals surface area (Å²) in [5.41, 5.74) is 6.05. The van der Waals surface area contributed by atoms with Crippen LogP contribution in [-0.4, -0.2) is 12.3 Å². The van der Waals surface area contributed by atoms with Crippen LogP contribution < -0.4 is 10.5 Å². The van der Waals surface area contributed by atoms with Crippen LogP contribution in [0.25, 0.3) is 0 Å². The molecule has 2 N–H and O–H groups in total. The molecule has 0 aliphatic heterocycles. The van der Waals surface area contributed by atoms with Gasteiger partial charge in [-0.1, -0.05) is 12.1 Å². The largest absolute Gasteiger partial charge is 0.427 e. The van der Waals surface area contributed by atoms with Crippen LogP contribution in [0.5, 0.6) is 5.75 Å². The van der Waals surface area contributed by atoms with E-state index in [0.717, 1.165) is 0 Å². The Morgan fingerprint density at radius 3 is 2.43 bits per heavy atom. The highest BCUT2D eigenvalue weighted by Crippen LogP contribution is 2.15. The Balaban J connectivity index is 2.78. The molecule has 1 aromatic carbocycles. The molecule has 0 heterocycles. The first-order valence-electron chi connectivity index (χ1n) is 4.05. The molecular formula is C10H10NO3. The van der Waals surface area contributed by atoms with Crippen molar-refractivity contribution >= 4 is 12.3 Å². The van der Waals surface area contributed by atoms with E-state index in [1.807, 2.05) is 0 Å². The number of esters is 1. The Hall–Kier alpha value is -1.68. The number of nitrogens with two attached hydrogens (primary N) is 1. The summed E-state index contributed by atoms with van der Waals surface area (Å²) in [5.74, 6) is 0.0448. The van der Waals surface area contributed by atoms with Crippen molar-refractivity contribution in [3.8, 4) is 5.75 Å². The van der Waals surface area contributed by atoms with Crippen LogP contribution >= 0.6 is 0 Å². The Morgan fingerprint density at radius 1 is 1.43 bits per heavy atom. The molecule has 0 spiro atoms. The number of rotatable bonds is 3. The zero-order valence-electron chi connectivity index (χ0n) is 7.69. The summed E-state index contributed by atoms with van der Waals surface area (Å²) < 4.78 is 4.80. The highest BCUT2D eigenvalue weighted by Gasteiger charge is 2.05. The molecule has 0 aliphatic rings. The smallest absolute Gasteiger partial charge is 0.308 e. The molecule has 0 bridgehead atoms. The summed E-state index contributed by atoms with van der Waals surface area (Å²) >= 11 is 0. The fourth-order valence-corrected chi connectivity index (χ4v) is 0.977. The molecule has 0 aliphatic carbocycles. The van der Waals surface area contributed by atoms with Gasteiger partial charge in [0, 0.05) is 6.92 Å². The van der Waals surface area contributed by atoms with E-state index in [-0.39, 0.29) is 5.97 Å². The second kappa shape index (κ2) is 4.53. The van der Waals surface area contributed by atoms with Gasteiger partial charge in [0.15, 0.2) is 0 Å². The SMILES string of the molecule is CC(=O)Oc1ccc(C(N)[C]=O)cc1. The lowest BCUT2D eigenvalue weighted by Crippen LogP contribution is -2.11. The van der Waals surface area contributed by atoms with Crippen molar-refractivity contribution in [3.63, 3.8) is 0 Å². The fourth-order valence-electron chi connectivity index (χ4n) is 0.977. The molecule has 1 atom stereocenters. The van der Waals surface area contributed by atoms with Crippen molar-refractivity contribution in [3.05, 3.63) is 29.8 Å². The summed E-state index contributed by atoms with van der Waals surface area (Å²) in [6.45, 7) is 1.32.